The first-order chi connectivity index (χ1) is 11.5. The third kappa shape index (κ3) is 2.39. The number of rotatable bonds is 3. The van der Waals surface area contributed by atoms with Gasteiger partial charge in [0.2, 0.25) is 0 Å². The molecule has 0 amide bonds. The van der Waals surface area contributed by atoms with Crippen LogP contribution in [0.2, 0.25) is 0 Å². The summed E-state index contributed by atoms with van der Waals surface area (Å²) in [6.45, 7) is 3.09. The lowest BCUT2D eigenvalue weighted by Crippen LogP contribution is -2.29. The molecule has 0 unspecified atom stereocenters. The highest BCUT2D eigenvalue weighted by Crippen LogP contribution is 2.31. The molecule has 0 aromatic carbocycles. The van der Waals surface area contributed by atoms with Crippen molar-refractivity contribution in [3.8, 4) is 5.75 Å². The van der Waals surface area contributed by atoms with Gasteiger partial charge in [0.25, 0.3) is 0 Å². The van der Waals surface area contributed by atoms with Gasteiger partial charge in [0, 0.05) is 26.8 Å². The molecule has 0 aliphatic carbocycles. The molecule has 3 aromatic heterocycles. The van der Waals surface area contributed by atoms with E-state index >= 15 is 0 Å². The van der Waals surface area contributed by atoms with Crippen LogP contribution in [0.3, 0.4) is 0 Å². The number of hydrogen-bond donors (Lipinski definition) is 1. The van der Waals surface area contributed by atoms with E-state index < -0.39 is 6.10 Å². The zero-order valence-corrected chi connectivity index (χ0v) is 13.9. The van der Waals surface area contributed by atoms with E-state index in [0.717, 1.165) is 22.4 Å². The summed E-state index contributed by atoms with van der Waals surface area (Å²) < 4.78 is 9.36. The molecule has 8 heteroatoms. The second kappa shape index (κ2) is 5.48. The Morgan fingerprint density at radius 3 is 2.88 bits per heavy atom. The maximum Gasteiger partial charge on any atom is 0.159 e. The Kier molecular flexibility index (Phi) is 3.42. The highest BCUT2D eigenvalue weighted by atomic mass is 16.5. The fraction of sp³-hybridized carbons (Fsp3) is 0.438. The van der Waals surface area contributed by atoms with Gasteiger partial charge in [0.1, 0.15) is 12.2 Å². The van der Waals surface area contributed by atoms with Gasteiger partial charge in [0.15, 0.2) is 11.4 Å². The van der Waals surface area contributed by atoms with E-state index in [2.05, 4.69) is 20.1 Å². The molecule has 4 heterocycles. The summed E-state index contributed by atoms with van der Waals surface area (Å²) in [4.78, 5) is 6.54. The molecule has 1 fully saturated rings. The van der Waals surface area contributed by atoms with Gasteiger partial charge in [0.05, 0.1) is 35.7 Å². The van der Waals surface area contributed by atoms with Crippen LogP contribution >= 0.6 is 0 Å². The van der Waals surface area contributed by atoms with Crippen molar-refractivity contribution in [2.24, 2.45) is 14.1 Å². The average molecular weight is 328 g/mol. The van der Waals surface area contributed by atoms with Crippen molar-refractivity contribution < 1.29 is 9.84 Å². The molecule has 4 rings (SSSR count). The van der Waals surface area contributed by atoms with Gasteiger partial charge in [-0.3, -0.25) is 9.36 Å². The predicted molar refractivity (Wildman–Crippen MR) is 89.1 cm³/mol. The molecule has 3 aromatic rings. The van der Waals surface area contributed by atoms with Gasteiger partial charge in [-0.1, -0.05) is 0 Å². The maximum absolute atomic E-state index is 10.4. The van der Waals surface area contributed by atoms with Crippen LogP contribution in [0.4, 0.5) is 5.69 Å². The number of aliphatic hydroxyl groups excluding tert-OH is 1. The van der Waals surface area contributed by atoms with E-state index in [1.54, 1.807) is 28.0 Å². The minimum absolute atomic E-state index is 0.297. The minimum atomic E-state index is -0.564. The number of hydrogen-bond acceptors (Lipinski definition) is 6. The number of ether oxygens (including phenoxy) is 1. The normalized spacial score (nSPS) is 20.9. The molecular formula is C16H20N6O2. The molecule has 1 saturated heterocycles. The molecule has 1 aliphatic heterocycles. The molecular weight excluding hydrogens is 308 g/mol. The quantitative estimate of drug-likeness (QED) is 0.760. The van der Waals surface area contributed by atoms with E-state index in [1.165, 1.54) is 0 Å². The average Bonchev–Trinajstić information content (AvgIpc) is 3.20. The van der Waals surface area contributed by atoms with Gasteiger partial charge in [-0.05, 0) is 13.0 Å². The van der Waals surface area contributed by atoms with Gasteiger partial charge in [-0.15, -0.1) is 0 Å². The third-order valence-corrected chi connectivity index (χ3v) is 4.42. The molecule has 1 N–H and O–H groups in total. The molecule has 0 spiro atoms. The summed E-state index contributed by atoms with van der Waals surface area (Å²) in [5.74, 6) is 0.667. The Hall–Kier alpha value is -2.61. The highest BCUT2D eigenvalue weighted by Gasteiger charge is 2.34. The lowest BCUT2D eigenvalue weighted by atomic mass is 10.2. The van der Waals surface area contributed by atoms with Crippen molar-refractivity contribution in [1.29, 1.82) is 0 Å². The Morgan fingerprint density at radius 1 is 1.29 bits per heavy atom. The monoisotopic (exact) mass is 328 g/mol. The van der Waals surface area contributed by atoms with Gasteiger partial charge >= 0.3 is 0 Å². The summed E-state index contributed by atoms with van der Waals surface area (Å²) in [6.07, 6.45) is 4.37. The zero-order chi connectivity index (χ0) is 16.8. The Balaban J connectivity index is 1.62. The fourth-order valence-electron chi connectivity index (χ4n) is 3.32. The minimum Gasteiger partial charge on any atom is -0.482 e. The first kappa shape index (κ1) is 14.9. The summed E-state index contributed by atoms with van der Waals surface area (Å²) in [6, 6.07) is 1.97. The van der Waals surface area contributed by atoms with Crippen molar-refractivity contribution in [1.82, 2.24) is 24.5 Å². The first-order valence-corrected chi connectivity index (χ1v) is 7.89. The summed E-state index contributed by atoms with van der Waals surface area (Å²) in [7, 11) is 3.72. The summed E-state index contributed by atoms with van der Waals surface area (Å²) >= 11 is 0. The molecule has 1 aliphatic rings. The van der Waals surface area contributed by atoms with E-state index in [4.69, 9.17) is 4.74 Å². The van der Waals surface area contributed by atoms with Crippen LogP contribution in [0.1, 0.15) is 5.69 Å². The van der Waals surface area contributed by atoms with E-state index in [0.29, 0.717) is 18.8 Å². The van der Waals surface area contributed by atoms with Gasteiger partial charge in [-0.2, -0.15) is 10.2 Å². The van der Waals surface area contributed by atoms with Crippen molar-refractivity contribution in [3.63, 3.8) is 0 Å². The zero-order valence-electron chi connectivity index (χ0n) is 13.9. The number of fused-ring (bicyclic) bond motifs is 1. The molecule has 8 nitrogen and oxygen atoms in total. The SMILES string of the molecule is Cc1nn(C)c2nccc(N3C[C@@H](O)[C@H](Oc4cnn(C)c4)C3)c12. The smallest absolute Gasteiger partial charge is 0.159 e. The van der Waals surface area contributed by atoms with E-state index in [1.807, 2.05) is 27.1 Å². The summed E-state index contributed by atoms with van der Waals surface area (Å²) in [5, 5.41) is 20.0. The third-order valence-electron chi connectivity index (χ3n) is 4.42. The first-order valence-electron chi connectivity index (χ1n) is 7.89. The second-order valence-corrected chi connectivity index (χ2v) is 6.22. The lowest BCUT2D eigenvalue weighted by molar-refractivity contribution is 0.0737. The predicted octanol–water partition coefficient (Wildman–Crippen LogP) is 0.639. The van der Waals surface area contributed by atoms with Crippen LogP contribution in [0.25, 0.3) is 11.0 Å². The number of anilines is 1. The van der Waals surface area contributed by atoms with Crippen LogP contribution in [0.5, 0.6) is 5.75 Å². The maximum atomic E-state index is 10.4. The van der Waals surface area contributed by atoms with Crippen molar-refractivity contribution >= 4 is 16.7 Å². The number of nitrogens with zero attached hydrogens (tertiary/aromatic N) is 6. The number of aliphatic hydroxyl groups is 1. The van der Waals surface area contributed by atoms with Crippen LogP contribution in [0.15, 0.2) is 24.7 Å². The van der Waals surface area contributed by atoms with Gasteiger partial charge in [-0.25, -0.2) is 4.98 Å². The highest BCUT2D eigenvalue weighted by molar-refractivity contribution is 5.92. The molecule has 0 saturated carbocycles. The number of aromatic nitrogens is 5. The standard InChI is InChI=1S/C16H20N6O2/c1-10-15-12(4-5-17-16(15)21(3)19-10)22-8-13(23)14(9-22)24-11-6-18-20(2)7-11/h4-7,13-14,23H,8-9H2,1-3H3/t13-,14-/m1/s1. The molecule has 0 bridgehead atoms. The number of pyridine rings is 1. The van der Waals surface area contributed by atoms with Crippen LogP contribution in [-0.2, 0) is 14.1 Å². The Morgan fingerprint density at radius 2 is 2.12 bits per heavy atom. The fourth-order valence-corrected chi connectivity index (χ4v) is 3.32. The number of β-amino-alcohol motifs (C(OH)–C–C–N with tert-alkyl or cyclic N) is 1. The van der Waals surface area contributed by atoms with Crippen LogP contribution < -0.4 is 9.64 Å². The Labute approximate surface area is 139 Å². The molecule has 2 atom stereocenters. The van der Waals surface area contributed by atoms with Crippen LogP contribution in [0, 0.1) is 6.92 Å². The molecule has 126 valence electrons. The van der Waals surface area contributed by atoms with Crippen molar-refractivity contribution in [3.05, 3.63) is 30.4 Å². The second-order valence-electron chi connectivity index (χ2n) is 6.22. The van der Waals surface area contributed by atoms with Crippen LogP contribution in [-0.4, -0.2) is 54.9 Å². The van der Waals surface area contributed by atoms with Gasteiger partial charge < -0.3 is 14.7 Å². The topological polar surface area (TPSA) is 81.2 Å². The van der Waals surface area contributed by atoms with Crippen molar-refractivity contribution in [2.75, 3.05) is 18.0 Å². The van der Waals surface area contributed by atoms with E-state index in [9.17, 15) is 5.11 Å². The lowest BCUT2D eigenvalue weighted by Gasteiger charge is -2.19. The van der Waals surface area contributed by atoms with E-state index in [-0.39, 0.29) is 6.10 Å². The molecule has 0 radical (unpaired) electrons. The molecule has 24 heavy (non-hydrogen) atoms. The number of aryl methyl sites for hydroxylation is 3. The van der Waals surface area contributed by atoms with Crippen molar-refractivity contribution in [2.45, 2.75) is 19.1 Å². The largest absolute Gasteiger partial charge is 0.482 e. The Bertz CT molecular complexity index is 886. The summed E-state index contributed by atoms with van der Waals surface area (Å²) in [5.41, 5.74) is 2.81.